The second kappa shape index (κ2) is 4.66. The lowest BCUT2D eigenvalue weighted by Gasteiger charge is -2.18. The van der Waals surface area contributed by atoms with Gasteiger partial charge in [-0.25, -0.2) is 0 Å². The van der Waals surface area contributed by atoms with Crippen molar-refractivity contribution in [2.24, 2.45) is 11.7 Å². The predicted octanol–water partition coefficient (Wildman–Crippen LogP) is 0.325. The van der Waals surface area contributed by atoms with Crippen molar-refractivity contribution in [3.8, 4) is 0 Å². The average molecular weight is 147 g/mol. The Morgan fingerprint density at radius 3 is 2.30 bits per heavy atom. The SMILES string of the molecule is COC(O)[C@H](N)CC(C)C. The molecule has 0 aromatic rings. The normalized spacial score (nSPS) is 17.4. The first-order chi connectivity index (χ1) is 4.57. The van der Waals surface area contributed by atoms with Gasteiger partial charge in [0.25, 0.3) is 0 Å². The first kappa shape index (κ1) is 9.88. The number of rotatable bonds is 4. The minimum Gasteiger partial charge on any atom is -0.367 e. The Kier molecular flexibility index (Phi) is 4.60. The van der Waals surface area contributed by atoms with Gasteiger partial charge in [-0.3, -0.25) is 0 Å². The Hall–Kier alpha value is -0.120. The molecular weight excluding hydrogens is 130 g/mol. The van der Waals surface area contributed by atoms with Gasteiger partial charge in [0.15, 0.2) is 6.29 Å². The molecule has 0 radical (unpaired) electrons. The number of methoxy groups -OCH3 is 1. The predicted molar refractivity (Wildman–Crippen MR) is 40.4 cm³/mol. The summed E-state index contributed by atoms with van der Waals surface area (Å²) in [7, 11) is 1.45. The first-order valence-electron chi connectivity index (χ1n) is 3.54. The van der Waals surface area contributed by atoms with E-state index in [1.54, 1.807) is 0 Å². The molecule has 0 rings (SSSR count). The zero-order valence-electron chi connectivity index (χ0n) is 6.87. The van der Waals surface area contributed by atoms with Gasteiger partial charge in [-0.15, -0.1) is 0 Å². The minimum atomic E-state index is -0.817. The molecule has 0 spiro atoms. The van der Waals surface area contributed by atoms with Crippen molar-refractivity contribution in [3.63, 3.8) is 0 Å². The van der Waals surface area contributed by atoms with Crippen LogP contribution >= 0.6 is 0 Å². The van der Waals surface area contributed by atoms with E-state index in [0.29, 0.717) is 5.92 Å². The van der Waals surface area contributed by atoms with E-state index in [-0.39, 0.29) is 6.04 Å². The third-order valence-electron chi connectivity index (χ3n) is 1.35. The van der Waals surface area contributed by atoms with Gasteiger partial charge in [-0.1, -0.05) is 13.8 Å². The van der Waals surface area contributed by atoms with Crippen molar-refractivity contribution in [1.82, 2.24) is 0 Å². The highest BCUT2D eigenvalue weighted by Gasteiger charge is 2.14. The van der Waals surface area contributed by atoms with E-state index < -0.39 is 6.29 Å². The van der Waals surface area contributed by atoms with Crippen LogP contribution in [0.3, 0.4) is 0 Å². The lowest BCUT2D eigenvalue weighted by atomic mass is 10.0. The maximum absolute atomic E-state index is 9.03. The van der Waals surface area contributed by atoms with Crippen LogP contribution in [-0.2, 0) is 4.74 Å². The number of ether oxygens (including phenoxy) is 1. The zero-order chi connectivity index (χ0) is 8.15. The van der Waals surface area contributed by atoms with Crippen LogP contribution in [0.15, 0.2) is 0 Å². The third kappa shape index (κ3) is 3.82. The molecule has 62 valence electrons. The molecule has 3 N–H and O–H groups in total. The number of aliphatic hydroxyl groups is 1. The van der Waals surface area contributed by atoms with Crippen LogP contribution in [0.4, 0.5) is 0 Å². The number of aliphatic hydroxyl groups excluding tert-OH is 1. The quantitative estimate of drug-likeness (QED) is 0.563. The molecule has 0 bridgehead atoms. The largest absolute Gasteiger partial charge is 0.367 e. The van der Waals surface area contributed by atoms with Gasteiger partial charge in [0, 0.05) is 7.11 Å². The van der Waals surface area contributed by atoms with Crippen LogP contribution < -0.4 is 5.73 Å². The standard InChI is InChI=1S/C7H17NO2/c1-5(2)4-6(8)7(9)10-3/h5-7,9H,4,8H2,1-3H3/t6-,7?/m1/s1. The van der Waals surface area contributed by atoms with Gasteiger partial charge in [-0.2, -0.15) is 0 Å². The summed E-state index contributed by atoms with van der Waals surface area (Å²) in [6.07, 6.45) is -0.0305. The fourth-order valence-corrected chi connectivity index (χ4v) is 0.836. The maximum Gasteiger partial charge on any atom is 0.169 e. The summed E-state index contributed by atoms with van der Waals surface area (Å²) < 4.78 is 4.64. The van der Waals surface area contributed by atoms with Gasteiger partial charge in [0.1, 0.15) is 0 Å². The van der Waals surface area contributed by atoms with Gasteiger partial charge in [-0.05, 0) is 12.3 Å². The van der Waals surface area contributed by atoms with E-state index in [4.69, 9.17) is 10.8 Å². The van der Waals surface area contributed by atoms with Gasteiger partial charge >= 0.3 is 0 Å². The molecule has 1 unspecified atom stereocenters. The van der Waals surface area contributed by atoms with Crippen molar-refractivity contribution < 1.29 is 9.84 Å². The second-order valence-corrected chi connectivity index (χ2v) is 2.92. The number of nitrogens with two attached hydrogens (primary N) is 1. The average Bonchev–Trinajstić information content (AvgIpc) is 1.85. The third-order valence-corrected chi connectivity index (χ3v) is 1.35. The molecule has 0 aliphatic rings. The highest BCUT2D eigenvalue weighted by molar-refractivity contribution is 4.65. The molecule has 0 aliphatic heterocycles. The Labute approximate surface area is 62.2 Å². The lowest BCUT2D eigenvalue weighted by molar-refractivity contribution is -0.0923. The minimum absolute atomic E-state index is 0.259. The lowest BCUT2D eigenvalue weighted by Crippen LogP contribution is -2.36. The van der Waals surface area contributed by atoms with Crippen molar-refractivity contribution >= 4 is 0 Å². The van der Waals surface area contributed by atoms with Gasteiger partial charge < -0.3 is 15.6 Å². The second-order valence-electron chi connectivity index (χ2n) is 2.92. The Morgan fingerprint density at radius 1 is 1.50 bits per heavy atom. The van der Waals surface area contributed by atoms with E-state index in [9.17, 15) is 0 Å². The highest BCUT2D eigenvalue weighted by atomic mass is 16.6. The Morgan fingerprint density at radius 2 is 2.00 bits per heavy atom. The molecule has 0 heterocycles. The van der Waals surface area contributed by atoms with Gasteiger partial charge in [0.2, 0.25) is 0 Å². The number of hydrogen-bond acceptors (Lipinski definition) is 3. The first-order valence-corrected chi connectivity index (χ1v) is 3.54. The molecule has 0 aliphatic carbocycles. The summed E-state index contributed by atoms with van der Waals surface area (Å²) in [4.78, 5) is 0. The van der Waals surface area contributed by atoms with Crippen molar-refractivity contribution in [1.29, 1.82) is 0 Å². The molecule has 0 aromatic heterocycles. The van der Waals surface area contributed by atoms with Crippen LogP contribution in [0.2, 0.25) is 0 Å². The van der Waals surface area contributed by atoms with E-state index in [1.165, 1.54) is 7.11 Å². The monoisotopic (exact) mass is 147 g/mol. The highest BCUT2D eigenvalue weighted by Crippen LogP contribution is 2.05. The summed E-state index contributed by atoms with van der Waals surface area (Å²) in [6, 6.07) is -0.259. The summed E-state index contributed by atoms with van der Waals surface area (Å²) in [5.74, 6) is 0.500. The Balaban J connectivity index is 3.50. The van der Waals surface area contributed by atoms with E-state index in [0.717, 1.165) is 6.42 Å². The molecule has 10 heavy (non-hydrogen) atoms. The smallest absolute Gasteiger partial charge is 0.169 e. The molecule has 2 atom stereocenters. The van der Waals surface area contributed by atoms with Crippen LogP contribution in [0, 0.1) is 5.92 Å². The van der Waals surface area contributed by atoms with Crippen molar-refractivity contribution in [2.45, 2.75) is 32.6 Å². The molecule has 0 aromatic carbocycles. The van der Waals surface area contributed by atoms with E-state index >= 15 is 0 Å². The van der Waals surface area contributed by atoms with Crippen LogP contribution in [0.25, 0.3) is 0 Å². The molecular formula is C7H17NO2. The van der Waals surface area contributed by atoms with Crippen LogP contribution in [0.5, 0.6) is 0 Å². The summed E-state index contributed by atoms with van der Waals surface area (Å²) in [5.41, 5.74) is 5.55. The number of hydrogen-bond donors (Lipinski definition) is 2. The van der Waals surface area contributed by atoms with E-state index in [1.807, 2.05) is 0 Å². The molecule has 0 amide bonds. The van der Waals surface area contributed by atoms with Gasteiger partial charge in [0.05, 0.1) is 6.04 Å². The zero-order valence-corrected chi connectivity index (χ0v) is 6.87. The summed E-state index contributed by atoms with van der Waals surface area (Å²) in [6.45, 7) is 4.12. The topological polar surface area (TPSA) is 55.5 Å². The van der Waals surface area contributed by atoms with Crippen molar-refractivity contribution in [2.75, 3.05) is 7.11 Å². The molecule has 3 heteroatoms. The molecule has 0 fully saturated rings. The molecule has 0 saturated heterocycles. The van der Waals surface area contributed by atoms with Crippen LogP contribution in [0.1, 0.15) is 20.3 Å². The van der Waals surface area contributed by atoms with E-state index in [2.05, 4.69) is 18.6 Å². The maximum atomic E-state index is 9.03. The fraction of sp³-hybridized carbons (Fsp3) is 1.00. The summed E-state index contributed by atoms with van der Waals surface area (Å²) in [5, 5.41) is 9.03. The summed E-state index contributed by atoms with van der Waals surface area (Å²) >= 11 is 0. The Bertz CT molecular complexity index is 85.7. The fourth-order valence-electron chi connectivity index (χ4n) is 0.836. The molecule has 0 saturated carbocycles. The molecule has 3 nitrogen and oxygen atoms in total. The van der Waals surface area contributed by atoms with Crippen molar-refractivity contribution in [3.05, 3.63) is 0 Å². The van der Waals surface area contributed by atoms with Crippen LogP contribution in [-0.4, -0.2) is 24.5 Å².